The second-order valence-corrected chi connectivity index (χ2v) is 4.42. The molecule has 5 heteroatoms. The van der Waals surface area contributed by atoms with Crippen molar-refractivity contribution >= 4 is 38.1 Å². The fourth-order valence-electron chi connectivity index (χ4n) is 1.63. The third kappa shape index (κ3) is 2.18. The Labute approximate surface area is 108 Å². The Bertz CT molecular complexity index is 562. The third-order valence-electron chi connectivity index (χ3n) is 2.46. The first-order valence-corrected chi connectivity index (χ1v) is 6.17. The number of ether oxygens (including phenoxy) is 2. The summed E-state index contributed by atoms with van der Waals surface area (Å²) >= 11 is 2.39. The van der Waals surface area contributed by atoms with Crippen molar-refractivity contribution in [2.24, 2.45) is 0 Å². The zero-order chi connectivity index (χ0) is 12.4. The van der Waals surface area contributed by atoms with Crippen molar-refractivity contribution < 1.29 is 14.3 Å². The van der Waals surface area contributed by atoms with Crippen LogP contribution in [-0.4, -0.2) is 41.5 Å². The molecule has 1 heterocycles. The zero-order valence-electron chi connectivity index (χ0n) is 9.61. The summed E-state index contributed by atoms with van der Waals surface area (Å²) in [6, 6.07) is 5.62. The van der Waals surface area contributed by atoms with Crippen LogP contribution in [0.25, 0.3) is 10.9 Å². The van der Waals surface area contributed by atoms with Crippen LogP contribution in [0.15, 0.2) is 18.2 Å². The average Bonchev–Trinajstić information content (AvgIpc) is 2.67. The van der Waals surface area contributed by atoms with Crippen LogP contribution in [0, 0.1) is 0 Å². The van der Waals surface area contributed by atoms with Gasteiger partial charge in [-0.3, -0.25) is 0 Å². The van der Waals surface area contributed by atoms with Gasteiger partial charge in [0.15, 0.2) is 0 Å². The predicted octanol–water partition coefficient (Wildman–Crippen LogP) is 1.15. The molecule has 0 spiro atoms. The molecule has 0 amide bonds. The summed E-state index contributed by atoms with van der Waals surface area (Å²) in [4.78, 5) is 14.7. The average molecular weight is 293 g/mol. The van der Waals surface area contributed by atoms with E-state index in [1.165, 1.54) is 0 Å². The van der Waals surface area contributed by atoms with Crippen molar-refractivity contribution in [3.8, 4) is 5.75 Å². The van der Waals surface area contributed by atoms with Crippen molar-refractivity contribution in [1.82, 2.24) is 4.98 Å². The van der Waals surface area contributed by atoms with Crippen LogP contribution < -0.4 is 9.09 Å². The first kappa shape index (κ1) is 12.1. The van der Waals surface area contributed by atoms with Gasteiger partial charge in [-0.1, -0.05) is 0 Å². The first-order valence-electron chi connectivity index (χ1n) is 5.23. The minimum atomic E-state index is -0.335. The maximum atomic E-state index is 11.7. The molecule has 1 aromatic heterocycles. The molecule has 88 valence electrons. The number of carbonyl (C=O) groups excluding carboxylic acids is 1. The van der Waals surface area contributed by atoms with Gasteiger partial charge >= 0.3 is 108 Å². The second kappa shape index (κ2) is 4.84. The van der Waals surface area contributed by atoms with Gasteiger partial charge in [-0.15, -0.1) is 0 Å². The number of carbonyl (C=O) groups is 1. The van der Waals surface area contributed by atoms with Crippen molar-refractivity contribution in [1.29, 1.82) is 0 Å². The molecule has 1 aromatic carbocycles. The van der Waals surface area contributed by atoms with Crippen molar-refractivity contribution in [3.63, 3.8) is 0 Å². The molecule has 2 aromatic rings. The molecule has 0 saturated heterocycles. The Hall–Kier alpha value is -1.41. The number of methoxy groups -OCH3 is 1. The predicted molar refractivity (Wildman–Crippen MR) is 66.2 cm³/mol. The molecule has 0 aliphatic heterocycles. The van der Waals surface area contributed by atoms with Gasteiger partial charge in [0.1, 0.15) is 0 Å². The monoisotopic (exact) mass is 293 g/mol. The van der Waals surface area contributed by atoms with E-state index in [9.17, 15) is 4.79 Å². The van der Waals surface area contributed by atoms with Gasteiger partial charge in [0.05, 0.1) is 0 Å². The first-order chi connectivity index (χ1) is 8.17. The van der Waals surface area contributed by atoms with Crippen LogP contribution in [0.5, 0.6) is 5.75 Å². The Morgan fingerprint density at radius 1 is 1.47 bits per heavy atom. The molecule has 0 unspecified atom stereocenters. The number of esters is 1. The van der Waals surface area contributed by atoms with Gasteiger partial charge in [0.2, 0.25) is 0 Å². The quantitative estimate of drug-likeness (QED) is 0.682. The van der Waals surface area contributed by atoms with Crippen LogP contribution in [0.2, 0.25) is 0 Å². The Balaban J connectivity index is 2.53. The van der Waals surface area contributed by atoms with E-state index in [0.29, 0.717) is 12.3 Å². The van der Waals surface area contributed by atoms with Gasteiger partial charge in [-0.05, 0) is 0 Å². The molecule has 0 bridgehead atoms. The van der Waals surface area contributed by atoms with E-state index in [4.69, 9.17) is 9.47 Å². The molecule has 0 saturated carbocycles. The van der Waals surface area contributed by atoms with E-state index in [-0.39, 0.29) is 5.97 Å². The van der Waals surface area contributed by atoms with Gasteiger partial charge in [-0.25, -0.2) is 0 Å². The summed E-state index contributed by atoms with van der Waals surface area (Å²) in [5.74, 6) is 0.428. The van der Waals surface area contributed by atoms with Crippen LogP contribution in [0.4, 0.5) is 0 Å². The maximum absolute atomic E-state index is 11.7. The van der Waals surface area contributed by atoms with Crippen molar-refractivity contribution in [2.45, 2.75) is 6.92 Å². The molecular formula is C12H12AsNO3. The molecule has 1 N–H and O–H groups in total. The van der Waals surface area contributed by atoms with E-state index < -0.39 is 0 Å². The zero-order valence-corrected chi connectivity index (χ0v) is 11.5. The van der Waals surface area contributed by atoms with Crippen LogP contribution in [0.3, 0.4) is 0 Å². The number of hydrogen-bond acceptors (Lipinski definition) is 3. The fraction of sp³-hybridized carbons (Fsp3) is 0.250. The standard InChI is InChI=1S/C12H12AsNO3/c1-3-17-12(15)11-10(13)8-6-7(16-2)4-5-9(8)14-11/h4-6,14H,3H2,1-2H3. The van der Waals surface area contributed by atoms with Gasteiger partial charge in [-0.2, -0.15) is 0 Å². The molecule has 0 atom stereocenters. The SMILES string of the molecule is CCOC(=O)c1[nH]c2ccc(OC)cc2c1[As]. The van der Waals surface area contributed by atoms with Gasteiger partial charge in [0, 0.05) is 0 Å². The van der Waals surface area contributed by atoms with E-state index in [1.54, 1.807) is 14.0 Å². The van der Waals surface area contributed by atoms with E-state index in [0.717, 1.165) is 21.0 Å². The molecule has 4 nitrogen and oxygen atoms in total. The molecule has 0 fully saturated rings. The molecule has 0 aliphatic rings. The molecular weight excluding hydrogens is 281 g/mol. The van der Waals surface area contributed by atoms with Gasteiger partial charge in [0.25, 0.3) is 0 Å². The second-order valence-electron chi connectivity index (χ2n) is 3.48. The summed E-state index contributed by atoms with van der Waals surface area (Å²) in [5.41, 5.74) is 1.37. The van der Waals surface area contributed by atoms with Gasteiger partial charge < -0.3 is 0 Å². The number of nitrogens with one attached hydrogen (secondary N) is 1. The van der Waals surface area contributed by atoms with E-state index in [1.807, 2.05) is 18.2 Å². The van der Waals surface area contributed by atoms with Crippen LogP contribution in [-0.2, 0) is 4.74 Å². The number of aromatic amines is 1. The number of H-pyrrole nitrogens is 1. The van der Waals surface area contributed by atoms with Crippen molar-refractivity contribution in [3.05, 3.63) is 23.9 Å². The minimum absolute atomic E-state index is 0.335. The van der Waals surface area contributed by atoms with Crippen molar-refractivity contribution in [2.75, 3.05) is 13.7 Å². The Morgan fingerprint density at radius 2 is 2.24 bits per heavy atom. The Morgan fingerprint density at radius 3 is 2.88 bits per heavy atom. The third-order valence-corrected chi connectivity index (χ3v) is 3.43. The Kier molecular flexibility index (Phi) is 3.43. The molecule has 0 aliphatic carbocycles. The summed E-state index contributed by atoms with van der Waals surface area (Å²) in [5, 5.41) is 0.951. The summed E-state index contributed by atoms with van der Waals surface area (Å²) < 4.78 is 11.0. The number of hydrogen-bond donors (Lipinski definition) is 1. The van der Waals surface area contributed by atoms with E-state index in [2.05, 4.69) is 21.8 Å². The van der Waals surface area contributed by atoms with Crippen LogP contribution in [0.1, 0.15) is 17.4 Å². The summed E-state index contributed by atoms with van der Waals surface area (Å²) in [7, 11) is 1.62. The number of aromatic nitrogens is 1. The molecule has 2 rings (SSSR count). The number of fused-ring (bicyclic) bond motifs is 1. The fourth-order valence-corrected chi connectivity index (χ4v) is 2.33. The normalized spacial score (nSPS) is 10.5. The molecule has 2 radical (unpaired) electrons. The summed E-state index contributed by atoms with van der Waals surface area (Å²) in [6.07, 6.45) is 0. The number of rotatable bonds is 3. The van der Waals surface area contributed by atoms with E-state index >= 15 is 0 Å². The number of benzene rings is 1. The summed E-state index contributed by atoms with van der Waals surface area (Å²) in [6.45, 7) is 2.15. The topological polar surface area (TPSA) is 51.3 Å². The molecule has 17 heavy (non-hydrogen) atoms. The van der Waals surface area contributed by atoms with Crippen LogP contribution >= 0.6 is 0 Å².